The Morgan fingerprint density at radius 2 is 2.00 bits per heavy atom. The Bertz CT molecular complexity index is 1080. The van der Waals surface area contributed by atoms with Gasteiger partial charge < -0.3 is 4.57 Å². The quantitative estimate of drug-likeness (QED) is 0.385. The Morgan fingerprint density at radius 1 is 1.18 bits per heavy atom. The number of hydrogen-bond acceptors (Lipinski definition) is 5. The monoisotopic (exact) mass is 392 g/mol. The van der Waals surface area contributed by atoms with Gasteiger partial charge in [-0.25, -0.2) is 10.1 Å². The van der Waals surface area contributed by atoms with Crippen molar-refractivity contribution in [3.8, 4) is 5.95 Å². The highest BCUT2D eigenvalue weighted by molar-refractivity contribution is 7.99. The zero-order chi connectivity index (χ0) is 19.5. The lowest BCUT2D eigenvalue weighted by atomic mass is 10.2. The number of aromatic nitrogens is 6. The van der Waals surface area contributed by atoms with Gasteiger partial charge in [0.2, 0.25) is 5.95 Å². The van der Waals surface area contributed by atoms with Gasteiger partial charge in [0.1, 0.15) is 6.33 Å². The van der Waals surface area contributed by atoms with Crippen molar-refractivity contribution in [2.45, 2.75) is 25.5 Å². The zero-order valence-electron chi connectivity index (χ0n) is 15.7. The Labute approximate surface area is 166 Å². The molecule has 1 aromatic carbocycles. The van der Waals surface area contributed by atoms with Crippen molar-refractivity contribution in [3.05, 3.63) is 77.6 Å². The van der Waals surface area contributed by atoms with Gasteiger partial charge in [0, 0.05) is 35.9 Å². The van der Waals surface area contributed by atoms with E-state index in [1.54, 1.807) is 6.20 Å². The number of carbonyl (C=O) groups excluding carboxylic acids is 1. The summed E-state index contributed by atoms with van der Waals surface area (Å²) in [7, 11) is 0. The summed E-state index contributed by atoms with van der Waals surface area (Å²) in [5.74, 6) is 1.00. The molecule has 0 amide bonds. The molecule has 4 aromatic rings. The molecule has 7 nitrogen and oxygen atoms in total. The molecule has 0 saturated heterocycles. The fraction of sp³-hybridized carbons (Fsp3) is 0.200. The molecule has 28 heavy (non-hydrogen) atoms. The molecule has 0 radical (unpaired) electrons. The second-order valence-corrected chi connectivity index (χ2v) is 7.41. The SMILES string of the molecule is Cc1cc(C(=O)CSc2nccn2Cc2ccccc2)c(C)n1-c1ncn[nH]1. The molecule has 0 bridgehead atoms. The first-order valence-electron chi connectivity index (χ1n) is 8.89. The number of aromatic amines is 1. The summed E-state index contributed by atoms with van der Waals surface area (Å²) in [4.78, 5) is 21.4. The number of H-pyrrole nitrogens is 1. The molecule has 0 aliphatic rings. The van der Waals surface area contributed by atoms with E-state index in [-0.39, 0.29) is 5.78 Å². The molecular weight excluding hydrogens is 372 g/mol. The van der Waals surface area contributed by atoms with Crippen LogP contribution in [0.1, 0.15) is 27.3 Å². The minimum absolute atomic E-state index is 0.0677. The van der Waals surface area contributed by atoms with Gasteiger partial charge in [-0.05, 0) is 25.5 Å². The van der Waals surface area contributed by atoms with E-state index in [4.69, 9.17) is 0 Å². The fourth-order valence-electron chi connectivity index (χ4n) is 3.22. The highest BCUT2D eigenvalue weighted by atomic mass is 32.2. The number of nitrogens with one attached hydrogen (secondary N) is 1. The highest BCUT2D eigenvalue weighted by Crippen LogP contribution is 2.23. The highest BCUT2D eigenvalue weighted by Gasteiger charge is 2.18. The van der Waals surface area contributed by atoms with Crippen molar-refractivity contribution >= 4 is 17.5 Å². The summed E-state index contributed by atoms with van der Waals surface area (Å²) in [5.41, 5.74) is 3.69. The van der Waals surface area contributed by atoms with E-state index in [1.165, 1.54) is 23.7 Å². The normalized spacial score (nSPS) is 11.1. The zero-order valence-corrected chi connectivity index (χ0v) is 16.5. The maximum atomic E-state index is 12.8. The van der Waals surface area contributed by atoms with Crippen LogP contribution in [-0.2, 0) is 6.54 Å². The van der Waals surface area contributed by atoms with Crippen molar-refractivity contribution in [1.29, 1.82) is 0 Å². The van der Waals surface area contributed by atoms with Crippen LogP contribution in [0.15, 0.2) is 60.3 Å². The number of nitrogens with zero attached hydrogens (tertiary/aromatic N) is 5. The van der Waals surface area contributed by atoms with Crippen LogP contribution in [0.4, 0.5) is 0 Å². The first-order valence-corrected chi connectivity index (χ1v) is 9.88. The lowest BCUT2D eigenvalue weighted by Gasteiger charge is -2.08. The standard InChI is InChI=1S/C20H20N6OS/c1-14-10-17(15(2)26(14)19-22-13-23-24-19)18(27)12-28-20-21-8-9-25(20)11-16-6-4-3-5-7-16/h3-10,13H,11-12H2,1-2H3,(H,22,23,24). The van der Waals surface area contributed by atoms with Crippen molar-refractivity contribution < 1.29 is 4.79 Å². The molecule has 4 rings (SSSR count). The Hall–Kier alpha value is -3.13. The minimum Gasteiger partial charge on any atom is -0.322 e. The van der Waals surface area contributed by atoms with E-state index < -0.39 is 0 Å². The molecule has 0 spiro atoms. The Balaban J connectivity index is 1.48. The van der Waals surface area contributed by atoms with E-state index >= 15 is 0 Å². The van der Waals surface area contributed by atoms with Crippen LogP contribution in [-0.4, -0.2) is 40.8 Å². The predicted octanol–water partition coefficient (Wildman–Crippen LogP) is 3.43. The average Bonchev–Trinajstić information content (AvgIpc) is 3.42. The van der Waals surface area contributed by atoms with Gasteiger partial charge in [0.25, 0.3) is 0 Å². The molecule has 142 valence electrons. The van der Waals surface area contributed by atoms with Crippen LogP contribution in [0.25, 0.3) is 5.95 Å². The molecule has 0 atom stereocenters. The number of rotatable bonds is 7. The van der Waals surface area contributed by atoms with Gasteiger partial charge in [-0.15, -0.1) is 0 Å². The van der Waals surface area contributed by atoms with Crippen LogP contribution in [0, 0.1) is 13.8 Å². The first-order chi connectivity index (χ1) is 13.6. The van der Waals surface area contributed by atoms with Gasteiger partial charge in [0.05, 0.1) is 5.75 Å². The number of ketones is 1. The number of hydrogen-bond donors (Lipinski definition) is 1. The number of thioether (sulfide) groups is 1. The summed E-state index contributed by atoms with van der Waals surface area (Å²) in [6.07, 6.45) is 5.17. The molecule has 0 unspecified atom stereocenters. The molecule has 0 aliphatic heterocycles. The molecular formula is C20H20N6OS. The number of imidazole rings is 1. The predicted molar refractivity (Wildman–Crippen MR) is 108 cm³/mol. The summed E-state index contributed by atoms with van der Waals surface area (Å²) >= 11 is 1.45. The van der Waals surface area contributed by atoms with Crippen LogP contribution < -0.4 is 0 Å². The topological polar surface area (TPSA) is 81.4 Å². The van der Waals surface area contributed by atoms with E-state index in [0.29, 0.717) is 17.3 Å². The molecule has 8 heteroatoms. The molecule has 0 aliphatic carbocycles. The van der Waals surface area contributed by atoms with Gasteiger partial charge in [-0.3, -0.25) is 9.36 Å². The molecule has 0 saturated carbocycles. The maximum absolute atomic E-state index is 12.8. The van der Waals surface area contributed by atoms with Crippen molar-refractivity contribution in [3.63, 3.8) is 0 Å². The smallest absolute Gasteiger partial charge is 0.229 e. The van der Waals surface area contributed by atoms with Crippen LogP contribution in [0.2, 0.25) is 0 Å². The van der Waals surface area contributed by atoms with Gasteiger partial charge in [-0.1, -0.05) is 42.1 Å². The van der Waals surface area contributed by atoms with Crippen LogP contribution in [0.3, 0.4) is 0 Å². The lowest BCUT2D eigenvalue weighted by molar-refractivity contribution is 0.102. The second kappa shape index (κ2) is 7.85. The summed E-state index contributed by atoms with van der Waals surface area (Å²) in [6, 6.07) is 12.1. The molecule has 0 fully saturated rings. The fourth-order valence-corrected chi connectivity index (χ4v) is 4.06. The van der Waals surface area contributed by atoms with Gasteiger partial charge >= 0.3 is 0 Å². The third kappa shape index (κ3) is 3.63. The van der Waals surface area contributed by atoms with E-state index in [9.17, 15) is 4.79 Å². The summed E-state index contributed by atoms with van der Waals surface area (Å²) in [5, 5.41) is 7.57. The van der Waals surface area contributed by atoms with Gasteiger partial charge in [0.15, 0.2) is 10.9 Å². The van der Waals surface area contributed by atoms with Crippen molar-refractivity contribution in [1.82, 2.24) is 29.3 Å². The largest absolute Gasteiger partial charge is 0.322 e. The third-order valence-electron chi connectivity index (χ3n) is 4.55. The number of benzene rings is 1. The lowest BCUT2D eigenvalue weighted by Crippen LogP contribution is -2.08. The van der Waals surface area contributed by atoms with Crippen LogP contribution >= 0.6 is 11.8 Å². The maximum Gasteiger partial charge on any atom is 0.229 e. The Morgan fingerprint density at radius 3 is 2.75 bits per heavy atom. The van der Waals surface area contributed by atoms with E-state index in [1.807, 2.05) is 48.9 Å². The molecule has 3 heterocycles. The van der Waals surface area contributed by atoms with Crippen molar-refractivity contribution in [2.24, 2.45) is 0 Å². The second-order valence-electron chi connectivity index (χ2n) is 6.46. The number of Topliss-reactive ketones (excluding diaryl/α,β-unsaturated/α-hetero) is 1. The Kier molecular flexibility index (Phi) is 5.12. The summed E-state index contributed by atoms with van der Waals surface area (Å²) < 4.78 is 3.96. The van der Waals surface area contributed by atoms with Crippen LogP contribution in [0.5, 0.6) is 0 Å². The molecule has 3 aromatic heterocycles. The summed E-state index contributed by atoms with van der Waals surface area (Å²) in [6.45, 7) is 4.60. The number of carbonyl (C=O) groups is 1. The first kappa shape index (κ1) is 18.2. The van der Waals surface area contributed by atoms with Gasteiger partial charge in [-0.2, -0.15) is 10.1 Å². The van der Waals surface area contributed by atoms with Crippen molar-refractivity contribution in [2.75, 3.05) is 5.75 Å². The molecule has 1 N–H and O–H groups in total. The third-order valence-corrected chi connectivity index (χ3v) is 5.56. The number of aryl methyl sites for hydroxylation is 1. The van der Waals surface area contributed by atoms with E-state index in [0.717, 1.165) is 23.1 Å². The average molecular weight is 392 g/mol. The minimum atomic E-state index is 0.0677. The van der Waals surface area contributed by atoms with E-state index in [2.05, 4.69) is 36.9 Å².